The Balaban J connectivity index is 2.37. The van der Waals surface area contributed by atoms with Gasteiger partial charge in [0.25, 0.3) is 0 Å². The minimum atomic E-state index is -0.681. The monoisotopic (exact) mass is 181 g/mol. The average molecular weight is 181 g/mol. The highest BCUT2D eigenvalue weighted by Crippen LogP contribution is 2.18. The molecule has 1 aromatic rings. The molecule has 1 aliphatic rings. The standard InChI is InChI=1S/C9H11NOS/c11-12-6-5-10-9-4-2-1-3-8(9)7-12/h1-4,10H,5-7H2. The second-order valence-electron chi connectivity index (χ2n) is 2.87. The first-order valence-corrected chi connectivity index (χ1v) is 5.52. The maximum Gasteiger partial charge on any atom is 0.0506 e. The molecule has 1 heterocycles. The molecular weight excluding hydrogens is 170 g/mol. The fourth-order valence-corrected chi connectivity index (χ4v) is 2.44. The van der Waals surface area contributed by atoms with Crippen LogP contribution in [0.4, 0.5) is 5.69 Å². The van der Waals surface area contributed by atoms with Crippen LogP contribution in [0, 0.1) is 0 Å². The summed E-state index contributed by atoms with van der Waals surface area (Å²) in [5.74, 6) is 1.46. The molecule has 2 rings (SSSR count). The molecule has 1 unspecified atom stereocenters. The number of hydrogen-bond donors (Lipinski definition) is 1. The van der Waals surface area contributed by atoms with Crippen LogP contribution >= 0.6 is 0 Å². The summed E-state index contributed by atoms with van der Waals surface area (Å²) >= 11 is 0. The molecule has 0 amide bonds. The number of hydrogen-bond acceptors (Lipinski definition) is 2. The van der Waals surface area contributed by atoms with E-state index in [2.05, 4.69) is 5.32 Å². The van der Waals surface area contributed by atoms with Crippen LogP contribution in [0.5, 0.6) is 0 Å². The summed E-state index contributed by atoms with van der Waals surface area (Å²) in [6, 6.07) is 8.06. The predicted octanol–water partition coefficient (Wildman–Crippen LogP) is 1.36. The molecule has 0 aliphatic carbocycles. The normalized spacial score (nSPS) is 22.2. The van der Waals surface area contributed by atoms with Crippen LogP contribution in [0.3, 0.4) is 0 Å². The molecule has 0 bridgehead atoms. The van der Waals surface area contributed by atoms with Crippen LogP contribution in [0.15, 0.2) is 24.3 Å². The van der Waals surface area contributed by atoms with Crippen LogP contribution in [0.25, 0.3) is 0 Å². The van der Waals surface area contributed by atoms with Crippen LogP contribution in [0.1, 0.15) is 5.56 Å². The molecule has 0 saturated heterocycles. The van der Waals surface area contributed by atoms with E-state index in [0.717, 1.165) is 18.0 Å². The molecule has 64 valence electrons. The van der Waals surface area contributed by atoms with E-state index in [9.17, 15) is 4.21 Å². The Kier molecular flexibility index (Phi) is 2.13. The van der Waals surface area contributed by atoms with Gasteiger partial charge in [0, 0.05) is 28.8 Å². The molecule has 1 aliphatic heterocycles. The first-order chi connectivity index (χ1) is 5.86. The molecular formula is C9H11NOS. The largest absolute Gasteiger partial charge is 0.384 e. The number of para-hydroxylation sites is 1. The Labute approximate surface area is 74.4 Å². The van der Waals surface area contributed by atoms with Gasteiger partial charge in [0.05, 0.1) is 5.75 Å². The lowest BCUT2D eigenvalue weighted by molar-refractivity contribution is 0.683. The molecule has 0 radical (unpaired) electrons. The van der Waals surface area contributed by atoms with E-state index in [1.807, 2.05) is 24.3 Å². The average Bonchev–Trinajstić information content (AvgIpc) is 2.25. The van der Waals surface area contributed by atoms with Crippen LogP contribution in [-0.2, 0) is 16.6 Å². The Morgan fingerprint density at radius 3 is 3.08 bits per heavy atom. The van der Waals surface area contributed by atoms with Crippen molar-refractivity contribution in [1.29, 1.82) is 0 Å². The van der Waals surface area contributed by atoms with Gasteiger partial charge in [0.15, 0.2) is 0 Å². The van der Waals surface area contributed by atoms with Crippen LogP contribution < -0.4 is 5.32 Å². The Morgan fingerprint density at radius 2 is 2.17 bits per heavy atom. The van der Waals surface area contributed by atoms with Gasteiger partial charge < -0.3 is 5.32 Å². The third-order valence-electron chi connectivity index (χ3n) is 1.98. The summed E-state index contributed by atoms with van der Waals surface area (Å²) in [5.41, 5.74) is 2.32. The molecule has 1 atom stereocenters. The van der Waals surface area contributed by atoms with Crippen molar-refractivity contribution in [3.8, 4) is 0 Å². The molecule has 2 nitrogen and oxygen atoms in total. The first kappa shape index (κ1) is 7.80. The van der Waals surface area contributed by atoms with Gasteiger partial charge >= 0.3 is 0 Å². The van der Waals surface area contributed by atoms with Crippen molar-refractivity contribution in [2.24, 2.45) is 0 Å². The third-order valence-corrected chi connectivity index (χ3v) is 3.27. The van der Waals surface area contributed by atoms with Gasteiger partial charge in [-0.1, -0.05) is 18.2 Å². The summed E-state index contributed by atoms with van der Waals surface area (Å²) in [5, 5.41) is 3.26. The second kappa shape index (κ2) is 3.27. The number of nitrogens with one attached hydrogen (secondary N) is 1. The van der Waals surface area contributed by atoms with Crippen LogP contribution in [0.2, 0.25) is 0 Å². The van der Waals surface area contributed by atoms with E-state index in [1.54, 1.807) is 0 Å². The molecule has 1 aromatic carbocycles. The van der Waals surface area contributed by atoms with Crippen molar-refractivity contribution < 1.29 is 4.21 Å². The predicted molar refractivity (Wildman–Crippen MR) is 51.6 cm³/mol. The summed E-state index contributed by atoms with van der Waals surface area (Å²) in [7, 11) is -0.681. The van der Waals surface area contributed by atoms with E-state index in [0.29, 0.717) is 5.75 Å². The molecule has 1 N–H and O–H groups in total. The van der Waals surface area contributed by atoms with Crippen molar-refractivity contribution in [2.45, 2.75) is 5.75 Å². The molecule has 0 aromatic heterocycles. The Hall–Kier alpha value is -0.830. The highest BCUT2D eigenvalue weighted by Gasteiger charge is 2.10. The zero-order valence-corrected chi connectivity index (χ0v) is 7.56. The molecule has 12 heavy (non-hydrogen) atoms. The van der Waals surface area contributed by atoms with Crippen molar-refractivity contribution in [3.63, 3.8) is 0 Å². The number of rotatable bonds is 0. The van der Waals surface area contributed by atoms with Gasteiger partial charge in [-0.15, -0.1) is 0 Å². The maximum absolute atomic E-state index is 11.3. The fourth-order valence-electron chi connectivity index (χ4n) is 1.36. The summed E-state index contributed by atoms with van der Waals surface area (Å²) < 4.78 is 11.3. The molecule has 0 spiro atoms. The Morgan fingerprint density at radius 1 is 1.33 bits per heavy atom. The summed E-state index contributed by atoms with van der Waals surface area (Å²) in [6.45, 7) is 0.823. The second-order valence-corrected chi connectivity index (χ2v) is 4.45. The van der Waals surface area contributed by atoms with E-state index >= 15 is 0 Å². The fraction of sp³-hybridized carbons (Fsp3) is 0.333. The molecule has 3 heteroatoms. The molecule has 0 saturated carbocycles. The van der Waals surface area contributed by atoms with E-state index in [1.165, 1.54) is 5.56 Å². The van der Waals surface area contributed by atoms with Gasteiger partial charge in [-0.25, -0.2) is 0 Å². The highest BCUT2D eigenvalue weighted by atomic mass is 32.2. The van der Waals surface area contributed by atoms with Crippen molar-refractivity contribution in [2.75, 3.05) is 17.6 Å². The quantitative estimate of drug-likeness (QED) is 0.654. The lowest BCUT2D eigenvalue weighted by atomic mass is 10.2. The topological polar surface area (TPSA) is 29.1 Å². The SMILES string of the molecule is O=S1CCNc2ccccc2C1. The van der Waals surface area contributed by atoms with E-state index in [4.69, 9.17) is 0 Å². The van der Waals surface area contributed by atoms with Gasteiger partial charge in [-0.2, -0.15) is 0 Å². The number of fused-ring (bicyclic) bond motifs is 1. The van der Waals surface area contributed by atoms with Gasteiger partial charge in [-0.05, 0) is 11.6 Å². The zero-order chi connectivity index (χ0) is 8.39. The third kappa shape index (κ3) is 1.50. The Bertz CT molecular complexity index is 311. The zero-order valence-electron chi connectivity index (χ0n) is 6.75. The number of anilines is 1. The van der Waals surface area contributed by atoms with Crippen molar-refractivity contribution >= 4 is 16.5 Å². The summed E-state index contributed by atoms with van der Waals surface area (Å²) in [4.78, 5) is 0. The van der Waals surface area contributed by atoms with E-state index < -0.39 is 10.8 Å². The van der Waals surface area contributed by atoms with E-state index in [-0.39, 0.29) is 0 Å². The highest BCUT2D eigenvalue weighted by molar-refractivity contribution is 7.84. The maximum atomic E-state index is 11.3. The lowest BCUT2D eigenvalue weighted by Crippen LogP contribution is -2.06. The lowest BCUT2D eigenvalue weighted by Gasteiger charge is -2.04. The van der Waals surface area contributed by atoms with Crippen molar-refractivity contribution in [3.05, 3.63) is 29.8 Å². The van der Waals surface area contributed by atoms with Gasteiger partial charge in [0.2, 0.25) is 0 Å². The van der Waals surface area contributed by atoms with Crippen molar-refractivity contribution in [1.82, 2.24) is 0 Å². The van der Waals surface area contributed by atoms with Gasteiger partial charge in [0.1, 0.15) is 0 Å². The summed E-state index contributed by atoms with van der Waals surface area (Å²) in [6.07, 6.45) is 0. The van der Waals surface area contributed by atoms with Gasteiger partial charge in [-0.3, -0.25) is 4.21 Å². The molecule has 0 fully saturated rings. The number of benzene rings is 1. The minimum absolute atomic E-state index is 0.681. The van der Waals surface area contributed by atoms with Crippen LogP contribution in [-0.4, -0.2) is 16.5 Å². The minimum Gasteiger partial charge on any atom is -0.384 e. The first-order valence-electron chi connectivity index (χ1n) is 4.03. The smallest absolute Gasteiger partial charge is 0.0506 e.